The van der Waals surface area contributed by atoms with Gasteiger partial charge in [0.25, 0.3) is 0 Å². The van der Waals surface area contributed by atoms with Crippen LogP contribution >= 0.6 is 11.3 Å². The Kier molecular flexibility index (Phi) is 5.87. The van der Waals surface area contributed by atoms with Crippen molar-refractivity contribution in [2.75, 3.05) is 31.1 Å². The number of thiophene rings is 1. The Balaban J connectivity index is 1.35. The highest BCUT2D eigenvalue weighted by atomic mass is 32.1. The van der Waals surface area contributed by atoms with Gasteiger partial charge in [-0.25, -0.2) is 9.97 Å². The highest BCUT2D eigenvalue weighted by Gasteiger charge is 2.29. The Labute approximate surface area is 195 Å². The van der Waals surface area contributed by atoms with E-state index in [1.807, 2.05) is 11.3 Å². The standard InChI is InChI=1S/C27H34N4S/c1-3-9-20(10-4-1)19-24-28-26(31-17-15-30(16-18-31)21-11-7-8-12-21)25-22-13-5-2-6-14-23(22)32-27(25)29-24/h1,3-4,9-10,21H,2,5-8,11-19H2. The highest BCUT2D eigenvalue weighted by molar-refractivity contribution is 7.19. The first-order valence-electron chi connectivity index (χ1n) is 12.7. The summed E-state index contributed by atoms with van der Waals surface area (Å²) in [6.07, 6.45) is 12.8. The minimum Gasteiger partial charge on any atom is -0.353 e. The van der Waals surface area contributed by atoms with E-state index in [1.54, 1.807) is 10.4 Å². The smallest absolute Gasteiger partial charge is 0.141 e. The molecule has 2 fully saturated rings. The van der Waals surface area contributed by atoms with Crippen LogP contribution in [0.2, 0.25) is 0 Å². The average Bonchev–Trinajstić information content (AvgIpc) is 3.42. The minimum atomic E-state index is 0.814. The zero-order chi connectivity index (χ0) is 21.3. The molecule has 5 heteroatoms. The number of fused-ring (bicyclic) bond motifs is 3. The third-order valence-electron chi connectivity index (χ3n) is 7.75. The Morgan fingerprint density at radius 3 is 2.44 bits per heavy atom. The lowest BCUT2D eigenvalue weighted by molar-refractivity contribution is 0.187. The van der Waals surface area contributed by atoms with Crippen molar-refractivity contribution in [1.29, 1.82) is 0 Å². The fourth-order valence-electron chi connectivity index (χ4n) is 6.01. The molecule has 0 N–H and O–H groups in total. The van der Waals surface area contributed by atoms with Gasteiger partial charge in [-0.15, -0.1) is 11.3 Å². The third kappa shape index (κ3) is 4.06. The molecule has 2 aromatic heterocycles. The number of hydrogen-bond donors (Lipinski definition) is 0. The molecule has 0 amide bonds. The summed E-state index contributed by atoms with van der Waals surface area (Å²) in [5.74, 6) is 2.21. The van der Waals surface area contributed by atoms with Crippen molar-refractivity contribution in [1.82, 2.24) is 14.9 Å². The van der Waals surface area contributed by atoms with Crippen LogP contribution in [0.4, 0.5) is 5.82 Å². The Bertz CT molecular complexity index is 1060. The molecule has 1 saturated carbocycles. The third-order valence-corrected chi connectivity index (χ3v) is 8.94. The summed E-state index contributed by atoms with van der Waals surface area (Å²) >= 11 is 1.95. The van der Waals surface area contributed by atoms with Gasteiger partial charge >= 0.3 is 0 Å². The van der Waals surface area contributed by atoms with Gasteiger partial charge in [0.1, 0.15) is 16.5 Å². The molecule has 4 nitrogen and oxygen atoms in total. The second-order valence-electron chi connectivity index (χ2n) is 9.83. The lowest BCUT2D eigenvalue weighted by Gasteiger charge is -2.39. The van der Waals surface area contributed by atoms with Gasteiger partial charge in [-0.05, 0) is 49.7 Å². The predicted molar refractivity (Wildman–Crippen MR) is 134 cm³/mol. The number of aromatic nitrogens is 2. The van der Waals surface area contributed by atoms with Gasteiger partial charge in [-0.1, -0.05) is 49.6 Å². The van der Waals surface area contributed by atoms with Crippen LogP contribution in [0.1, 0.15) is 66.8 Å². The molecule has 0 radical (unpaired) electrons. The Morgan fingerprint density at radius 1 is 0.844 bits per heavy atom. The van der Waals surface area contributed by atoms with Crippen LogP contribution in [0, 0.1) is 0 Å². The van der Waals surface area contributed by atoms with E-state index >= 15 is 0 Å². The molecule has 6 rings (SSSR count). The molecule has 3 aliphatic rings. The highest BCUT2D eigenvalue weighted by Crippen LogP contribution is 2.40. The molecule has 32 heavy (non-hydrogen) atoms. The molecule has 0 unspecified atom stereocenters. The second kappa shape index (κ2) is 9.11. The van der Waals surface area contributed by atoms with Crippen LogP contribution < -0.4 is 4.90 Å². The van der Waals surface area contributed by atoms with Crippen molar-refractivity contribution < 1.29 is 0 Å². The van der Waals surface area contributed by atoms with Crippen molar-refractivity contribution in [3.05, 3.63) is 52.2 Å². The van der Waals surface area contributed by atoms with Crippen LogP contribution in [-0.4, -0.2) is 47.1 Å². The largest absolute Gasteiger partial charge is 0.353 e. The fourth-order valence-corrected chi connectivity index (χ4v) is 7.29. The van der Waals surface area contributed by atoms with E-state index in [1.165, 1.54) is 92.5 Å². The number of benzene rings is 1. The van der Waals surface area contributed by atoms with Gasteiger partial charge in [-0.3, -0.25) is 4.90 Å². The summed E-state index contributed by atoms with van der Waals surface area (Å²) < 4.78 is 0. The zero-order valence-corrected chi connectivity index (χ0v) is 19.9. The first-order chi connectivity index (χ1) is 15.8. The summed E-state index contributed by atoms with van der Waals surface area (Å²) in [7, 11) is 0. The molecule has 0 atom stereocenters. The maximum atomic E-state index is 5.26. The summed E-state index contributed by atoms with van der Waals surface area (Å²) in [6.45, 7) is 4.54. The van der Waals surface area contributed by atoms with Crippen molar-refractivity contribution in [2.24, 2.45) is 0 Å². The number of aryl methyl sites for hydroxylation is 2. The van der Waals surface area contributed by atoms with E-state index in [9.17, 15) is 0 Å². The van der Waals surface area contributed by atoms with Crippen molar-refractivity contribution in [2.45, 2.75) is 70.3 Å². The van der Waals surface area contributed by atoms with E-state index in [4.69, 9.17) is 9.97 Å². The van der Waals surface area contributed by atoms with Crippen LogP contribution in [0.5, 0.6) is 0 Å². The van der Waals surface area contributed by atoms with Gasteiger partial charge < -0.3 is 4.90 Å². The lowest BCUT2D eigenvalue weighted by atomic mass is 10.1. The lowest BCUT2D eigenvalue weighted by Crippen LogP contribution is -2.50. The predicted octanol–water partition coefficient (Wildman–Crippen LogP) is 5.62. The maximum Gasteiger partial charge on any atom is 0.141 e. The van der Waals surface area contributed by atoms with E-state index in [0.717, 1.165) is 31.4 Å². The number of hydrogen-bond acceptors (Lipinski definition) is 5. The van der Waals surface area contributed by atoms with Crippen molar-refractivity contribution in [3.63, 3.8) is 0 Å². The van der Waals surface area contributed by atoms with Gasteiger partial charge in [0.15, 0.2) is 0 Å². The van der Waals surface area contributed by atoms with Gasteiger partial charge in [-0.2, -0.15) is 0 Å². The maximum absolute atomic E-state index is 5.26. The molecular formula is C27H34N4S. The number of rotatable bonds is 4. The Hall–Kier alpha value is -1.98. The summed E-state index contributed by atoms with van der Waals surface area (Å²) in [4.78, 5) is 18.5. The molecule has 3 aromatic rings. The topological polar surface area (TPSA) is 32.3 Å². The summed E-state index contributed by atoms with van der Waals surface area (Å²) in [5, 5.41) is 1.39. The SMILES string of the molecule is c1ccc(Cc2nc(N3CCN(C4CCCC4)CC3)c3c4c(sc3n2)CCCCC4)cc1. The Morgan fingerprint density at radius 2 is 1.62 bits per heavy atom. The van der Waals surface area contributed by atoms with Gasteiger partial charge in [0, 0.05) is 43.5 Å². The van der Waals surface area contributed by atoms with Crippen LogP contribution in [0.3, 0.4) is 0 Å². The zero-order valence-electron chi connectivity index (χ0n) is 19.1. The molecule has 0 bridgehead atoms. The second-order valence-corrected chi connectivity index (χ2v) is 10.9. The first kappa shape index (κ1) is 20.6. The number of anilines is 1. The average molecular weight is 447 g/mol. The van der Waals surface area contributed by atoms with E-state index < -0.39 is 0 Å². The normalized spacial score (nSPS) is 20.6. The summed E-state index contributed by atoms with van der Waals surface area (Å²) in [5.41, 5.74) is 2.86. The van der Waals surface area contributed by atoms with Gasteiger partial charge in [0.05, 0.1) is 5.39 Å². The first-order valence-corrected chi connectivity index (χ1v) is 13.5. The molecule has 2 aliphatic carbocycles. The van der Waals surface area contributed by atoms with E-state index in [2.05, 4.69) is 40.1 Å². The van der Waals surface area contributed by atoms with Crippen molar-refractivity contribution >= 4 is 27.4 Å². The van der Waals surface area contributed by atoms with Crippen LogP contribution in [-0.2, 0) is 19.3 Å². The number of nitrogens with zero attached hydrogens (tertiary/aromatic N) is 4. The monoisotopic (exact) mass is 446 g/mol. The van der Waals surface area contributed by atoms with E-state index in [-0.39, 0.29) is 0 Å². The minimum absolute atomic E-state index is 0.814. The molecule has 168 valence electrons. The summed E-state index contributed by atoms with van der Waals surface area (Å²) in [6, 6.07) is 11.5. The molecule has 0 spiro atoms. The van der Waals surface area contributed by atoms with Crippen LogP contribution in [0.15, 0.2) is 30.3 Å². The molecule has 1 aromatic carbocycles. The molecule has 1 aliphatic heterocycles. The molecule has 3 heterocycles. The van der Waals surface area contributed by atoms with Gasteiger partial charge in [0.2, 0.25) is 0 Å². The van der Waals surface area contributed by atoms with E-state index in [0.29, 0.717) is 0 Å². The number of piperazine rings is 1. The van der Waals surface area contributed by atoms with Crippen molar-refractivity contribution in [3.8, 4) is 0 Å². The quantitative estimate of drug-likeness (QED) is 0.487. The molecular weight excluding hydrogens is 412 g/mol. The van der Waals surface area contributed by atoms with Crippen LogP contribution in [0.25, 0.3) is 10.2 Å². The molecule has 1 saturated heterocycles. The fraction of sp³-hybridized carbons (Fsp3) is 0.556.